The van der Waals surface area contributed by atoms with Crippen LogP contribution in [0.5, 0.6) is 5.75 Å². The lowest BCUT2D eigenvalue weighted by atomic mass is 10.0. The van der Waals surface area contributed by atoms with E-state index in [0.29, 0.717) is 0 Å². The van der Waals surface area contributed by atoms with E-state index in [9.17, 15) is 9.59 Å². The number of benzene rings is 1. The third-order valence-electron chi connectivity index (χ3n) is 3.69. The standard InChI is InChI=1S/C18H15NO3S/c1-11-14-9-10-23-18(14)19-17(21)16(11)15(20)8-5-12-3-6-13(22-2)7-4-12/h3-10H,1-2H3,(H,19,21). The van der Waals surface area contributed by atoms with Gasteiger partial charge in [0.05, 0.1) is 12.7 Å². The molecule has 23 heavy (non-hydrogen) atoms. The molecule has 0 aliphatic rings. The summed E-state index contributed by atoms with van der Waals surface area (Å²) in [5.41, 5.74) is 1.43. The molecule has 5 heteroatoms. The van der Waals surface area contributed by atoms with Crippen molar-refractivity contribution in [2.24, 2.45) is 0 Å². The molecule has 4 nitrogen and oxygen atoms in total. The number of hydrogen-bond donors (Lipinski definition) is 1. The average molecular weight is 325 g/mol. The van der Waals surface area contributed by atoms with Gasteiger partial charge >= 0.3 is 0 Å². The summed E-state index contributed by atoms with van der Waals surface area (Å²) in [5, 5.41) is 2.81. The number of thiophene rings is 1. The second kappa shape index (κ2) is 6.22. The minimum Gasteiger partial charge on any atom is -0.497 e. The molecule has 0 radical (unpaired) electrons. The summed E-state index contributed by atoms with van der Waals surface area (Å²) >= 11 is 1.45. The van der Waals surface area contributed by atoms with Crippen LogP contribution in [0, 0.1) is 6.92 Å². The van der Waals surface area contributed by atoms with Gasteiger partial charge in [0, 0.05) is 5.39 Å². The smallest absolute Gasteiger partial charge is 0.260 e. The number of rotatable bonds is 4. The van der Waals surface area contributed by atoms with Gasteiger partial charge in [-0.1, -0.05) is 18.2 Å². The summed E-state index contributed by atoms with van der Waals surface area (Å²) in [6.45, 7) is 1.80. The van der Waals surface area contributed by atoms with Gasteiger partial charge in [0.25, 0.3) is 5.56 Å². The Labute approximate surface area is 137 Å². The second-order valence-corrected chi connectivity index (χ2v) is 6.00. The third kappa shape index (κ3) is 2.96. The molecular formula is C18H15NO3S. The molecule has 0 aliphatic heterocycles. The molecular weight excluding hydrogens is 310 g/mol. The van der Waals surface area contributed by atoms with Crippen LogP contribution in [0.1, 0.15) is 21.5 Å². The third-order valence-corrected chi connectivity index (χ3v) is 4.52. The number of aromatic amines is 1. The molecule has 1 N–H and O–H groups in total. The molecule has 0 fully saturated rings. The topological polar surface area (TPSA) is 59.2 Å². The van der Waals surface area contributed by atoms with Crippen LogP contribution in [-0.2, 0) is 0 Å². The maximum absolute atomic E-state index is 12.4. The van der Waals surface area contributed by atoms with E-state index in [1.807, 2.05) is 35.7 Å². The lowest BCUT2D eigenvalue weighted by Crippen LogP contribution is -2.18. The van der Waals surface area contributed by atoms with E-state index in [-0.39, 0.29) is 16.9 Å². The Balaban J connectivity index is 1.93. The van der Waals surface area contributed by atoms with Crippen molar-refractivity contribution in [2.75, 3.05) is 7.11 Å². The zero-order valence-corrected chi connectivity index (χ0v) is 13.6. The van der Waals surface area contributed by atoms with Crippen LogP contribution in [-0.4, -0.2) is 17.9 Å². The predicted molar refractivity (Wildman–Crippen MR) is 93.5 cm³/mol. The summed E-state index contributed by atoms with van der Waals surface area (Å²) in [6.07, 6.45) is 3.12. The van der Waals surface area contributed by atoms with Gasteiger partial charge < -0.3 is 9.72 Å². The first-order chi connectivity index (χ1) is 11.1. The highest BCUT2D eigenvalue weighted by atomic mass is 32.1. The molecule has 0 aliphatic carbocycles. The summed E-state index contributed by atoms with van der Waals surface area (Å²) in [6, 6.07) is 9.25. The number of carbonyl (C=O) groups is 1. The maximum atomic E-state index is 12.4. The monoisotopic (exact) mass is 325 g/mol. The number of ether oxygens (including phenoxy) is 1. The van der Waals surface area contributed by atoms with Gasteiger partial charge in [-0.25, -0.2) is 0 Å². The number of H-pyrrole nitrogens is 1. The molecule has 2 heterocycles. The number of ketones is 1. The van der Waals surface area contributed by atoms with E-state index in [1.165, 1.54) is 17.4 Å². The molecule has 0 unspecified atom stereocenters. The van der Waals surface area contributed by atoms with E-state index in [4.69, 9.17) is 4.74 Å². The fourth-order valence-corrected chi connectivity index (χ4v) is 3.28. The van der Waals surface area contributed by atoms with Crippen molar-refractivity contribution in [3.8, 4) is 5.75 Å². The molecule has 3 rings (SSSR count). The molecule has 0 saturated carbocycles. The molecule has 1 aromatic carbocycles. The molecule has 0 saturated heterocycles. The van der Waals surface area contributed by atoms with Crippen LogP contribution in [0.3, 0.4) is 0 Å². The Morgan fingerprint density at radius 1 is 1.22 bits per heavy atom. The highest BCUT2D eigenvalue weighted by Crippen LogP contribution is 2.22. The Bertz CT molecular complexity index is 949. The van der Waals surface area contributed by atoms with Gasteiger partial charge in [-0.3, -0.25) is 9.59 Å². The lowest BCUT2D eigenvalue weighted by molar-refractivity contribution is 0.104. The van der Waals surface area contributed by atoms with Gasteiger partial charge in [0.2, 0.25) is 0 Å². The molecule has 2 aromatic heterocycles. The first kappa shape index (κ1) is 15.2. The van der Waals surface area contributed by atoms with Crippen LogP contribution in [0.4, 0.5) is 0 Å². The number of aromatic nitrogens is 1. The van der Waals surface area contributed by atoms with Gasteiger partial charge in [0.1, 0.15) is 10.6 Å². The SMILES string of the molecule is COc1ccc(C=CC(=O)c2c(C)c3ccsc3[nH]c2=O)cc1. The number of allylic oxidation sites excluding steroid dienone is 1. The first-order valence-corrected chi connectivity index (χ1v) is 7.94. The van der Waals surface area contributed by atoms with E-state index < -0.39 is 0 Å². The van der Waals surface area contributed by atoms with Gasteiger partial charge in [-0.15, -0.1) is 11.3 Å². The van der Waals surface area contributed by atoms with Gasteiger partial charge in [-0.2, -0.15) is 0 Å². The Morgan fingerprint density at radius 3 is 2.65 bits per heavy atom. The summed E-state index contributed by atoms with van der Waals surface area (Å²) in [4.78, 5) is 28.1. The van der Waals surface area contributed by atoms with E-state index in [0.717, 1.165) is 27.1 Å². The van der Waals surface area contributed by atoms with Crippen molar-refractivity contribution < 1.29 is 9.53 Å². The molecule has 0 atom stereocenters. The van der Waals surface area contributed by atoms with Crippen LogP contribution in [0.15, 0.2) is 46.6 Å². The van der Waals surface area contributed by atoms with Crippen LogP contribution in [0.25, 0.3) is 16.3 Å². The Morgan fingerprint density at radius 2 is 1.96 bits per heavy atom. The van der Waals surface area contributed by atoms with Crippen molar-refractivity contribution in [1.29, 1.82) is 0 Å². The molecule has 116 valence electrons. The van der Waals surface area contributed by atoms with Crippen LogP contribution < -0.4 is 10.3 Å². The van der Waals surface area contributed by atoms with Gasteiger partial charge in [-0.05, 0) is 47.7 Å². The summed E-state index contributed by atoms with van der Waals surface area (Å²) in [7, 11) is 1.60. The predicted octanol–water partition coefficient (Wildman–Crippen LogP) is 3.80. The van der Waals surface area contributed by atoms with Crippen molar-refractivity contribution in [3.05, 3.63) is 68.8 Å². The van der Waals surface area contributed by atoms with Gasteiger partial charge in [0.15, 0.2) is 5.78 Å². The van der Waals surface area contributed by atoms with Crippen molar-refractivity contribution in [3.63, 3.8) is 0 Å². The number of methoxy groups -OCH3 is 1. The van der Waals surface area contributed by atoms with Crippen LogP contribution in [0.2, 0.25) is 0 Å². The number of hydrogen-bond acceptors (Lipinski definition) is 4. The largest absolute Gasteiger partial charge is 0.497 e. The fourth-order valence-electron chi connectivity index (χ4n) is 2.44. The maximum Gasteiger partial charge on any atom is 0.260 e. The van der Waals surface area contributed by atoms with E-state index >= 15 is 0 Å². The summed E-state index contributed by atoms with van der Waals surface area (Å²) < 4.78 is 5.09. The van der Waals surface area contributed by atoms with E-state index in [1.54, 1.807) is 20.1 Å². The van der Waals surface area contributed by atoms with Crippen molar-refractivity contribution in [1.82, 2.24) is 4.98 Å². The Kier molecular flexibility index (Phi) is 4.12. The number of pyridine rings is 1. The fraction of sp³-hybridized carbons (Fsp3) is 0.111. The molecule has 3 aromatic rings. The van der Waals surface area contributed by atoms with E-state index in [2.05, 4.69) is 4.98 Å². The average Bonchev–Trinajstić information content (AvgIpc) is 3.02. The Hall–Kier alpha value is -2.66. The zero-order chi connectivity index (χ0) is 16.4. The second-order valence-electron chi connectivity index (χ2n) is 5.09. The quantitative estimate of drug-likeness (QED) is 0.586. The minimum atomic E-state index is -0.346. The molecule has 0 spiro atoms. The summed E-state index contributed by atoms with van der Waals surface area (Å²) in [5.74, 6) is 0.455. The highest BCUT2D eigenvalue weighted by Gasteiger charge is 2.14. The van der Waals surface area contributed by atoms with Crippen molar-refractivity contribution >= 4 is 33.4 Å². The lowest BCUT2D eigenvalue weighted by Gasteiger charge is -2.03. The normalized spacial score (nSPS) is 11.2. The minimum absolute atomic E-state index is 0.195. The van der Waals surface area contributed by atoms with Crippen LogP contribution >= 0.6 is 11.3 Å². The van der Waals surface area contributed by atoms with Crippen molar-refractivity contribution in [2.45, 2.75) is 6.92 Å². The molecule has 0 bridgehead atoms. The highest BCUT2D eigenvalue weighted by molar-refractivity contribution is 7.16. The number of carbonyl (C=O) groups excluding carboxylic acids is 1. The molecule has 0 amide bonds. The first-order valence-electron chi connectivity index (χ1n) is 7.06. The zero-order valence-electron chi connectivity index (χ0n) is 12.8. The number of aryl methyl sites for hydroxylation is 1. The number of fused-ring (bicyclic) bond motifs is 1. The number of nitrogens with one attached hydrogen (secondary N) is 1.